The van der Waals surface area contributed by atoms with E-state index in [9.17, 15) is 4.79 Å². The van der Waals surface area contributed by atoms with Crippen LogP contribution in [0.25, 0.3) is 0 Å². The van der Waals surface area contributed by atoms with Crippen molar-refractivity contribution in [2.75, 3.05) is 11.4 Å². The molecule has 0 saturated heterocycles. The zero-order chi connectivity index (χ0) is 15.8. The number of anilines is 1. The van der Waals surface area contributed by atoms with Crippen LogP contribution in [0.2, 0.25) is 0 Å². The molecule has 0 saturated carbocycles. The maximum absolute atomic E-state index is 10.4. The molecule has 0 spiro atoms. The smallest absolute Gasteiger partial charge is 0.142 e. The van der Waals surface area contributed by atoms with Crippen LogP contribution in [0.5, 0.6) is 0 Å². The first-order valence-corrected chi connectivity index (χ1v) is 7.66. The fourth-order valence-corrected chi connectivity index (χ4v) is 2.62. The highest BCUT2D eigenvalue weighted by molar-refractivity contribution is 5.64. The molecule has 2 nitrogen and oxygen atoms in total. The summed E-state index contributed by atoms with van der Waals surface area (Å²) in [5.41, 5.74) is 5.08. The highest BCUT2D eigenvalue weighted by Crippen LogP contribution is 2.21. The number of carbonyl (C=O) groups excluding carboxylic acids is 1. The van der Waals surface area contributed by atoms with E-state index >= 15 is 0 Å². The lowest BCUT2D eigenvalue weighted by molar-refractivity contribution is -0.104. The third-order valence-electron chi connectivity index (χ3n) is 3.57. The van der Waals surface area contributed by atoms with Gasteiger partial charge in [0.05, 0.1) is 0 Å². The van der Waals surface area contributed by atoms with Crippen LogP contribution < -0.4 is 4.90 Å². The van der Waals surface area contributed by atoms with Crippen molar-refractivity contribution in [3.8, 4) is 0 Å². The van der Waals surface area contributed by atoms with E-state index in [1.807, 2.05) is 12.1 Å². The maximum atomic E-state index is 10.4. The first-order valence-electron chi connectivity index (χ1n) is 7.66. The summed E-state index contributed by atoms with van der Waals surface area (Å²) in [6.07, 6.45) is 5.19. The van der Waals surface area contributed by atoms with Gasteiger partial charge in [0.25, 0.3) is 0 Å². The van der Waals surface area contributed by atoms with Gasteiger partial charge in [0.1, 0.15) is 6.29 Å². The molecule has 0 aliphatic carbocycles. The van der Waals surface area contributed by atoms with E-state index in [0.717, 1.165) is 25.8 Å². The van der Waals surface area contributed by atoms with Crippen molar-refractivity contribution in [2.45, 2.75) is 26.8 Å². The van der Waals surface area contributed by atoms with Crippen molar-refractivity contribution in [3.05, 3.63) is 77.4 Å². The molecule has 2 heteroatoms. The number of nitrogens with zero attached hydrogens (tertiary/aromatic N) is 1. The Morgan fingerprint density at radius 3 is 2.32 bits per heavy atom. The molecule has 0 fully saturated rings. The number of rotatable bonds is 7. The van der Waals surface area contributed by atoms with Crippen molar-refractivity contribution in [3.63, 3.8) is 0 Å². The number of hydrogen-bond acceptors (Lipinski definition) is 2. The first-order chi connectivity index (χ1) is 10.7. The number of allylic oxidation sites excluding steroid dienone is 1. The van der Waals surface area contributed by atoms with Crippen LogP contribution in [0.3, 0.4) is 0 Å². The van der Waals surface area contributed by atoms with Gasteiger partial charge in [0, 0.05) is 18.8 Å². The van der Waals surface area contributed by atoms with Gasteiger partial charge in [-0.2, -0.15) is 0 Å². The summed E-state index contributed by atoms with van der Waals surface area (Å²) in [6.45, 7) is 6.02. The molecule has 0 aliphatic heterocycles. The van der Waals surface area contributed by atoms with Gasteiger partial charge in [0.15, 0.2) is 0 Å². The minimum atomic E-state index is 0.832. The van der Waals surface area contributed by atoms with Crippen LogP contribution >= 0.6 is 0 Å². The first kappa shape index (κ1) is 16.0. The lowest BCUT2D eigenvalue weighted by Crippen LogP contribution is -2.23. The highest BCUT2D eigenvalue weighted by Gasteiger charge is 2.08. The van der Waals surface area contributed by atoms with Gasteiger partial charge in [-0.3, -0.25) is 4.79 Å². The Morgan fingerprint density at radius 2 is 1.68 bits per heavy atom. The van der Waals surface area contributed by atoms with Gasteiger partial charge >= 0.3 is 0 Å². The Morgan fingerprint density at radius 1 is 1.00 bits per heavy atom. The maximum Gasteiger partial charge on any atom is 0.142 e. The van der Waals surface area contributed by atoms with Crippen LogP contribution in [-0.4, -0.2) is 12.8 Å². The van der Waals surface area contributed by atoms with Crippen molar-refractivity contribution >= 4 is 12.0 Å². The van der Waals surface area contributed by atoms with Gasteiger partial charge in [-0.1, -0.05) is 42.5 Å². The summed E-state index contributed by atoms with van der Waals surface area (Å²) >= 11 is 0. The van der Waals surface area contributed by atoms with Crippen molar-refractivity contribution in [1.82, 2.24) is 0 Å². The molecule has 0 aliphatic rings. The van der Waals surface area contributed by atoms with Gasteiger partial charge < -0.3 is 4.90 Å². The second kappa shape index (κ2) is 8.18. The monoisotopic (exact) mass is 293 g/mol. The Hall–Kier alpha value is -2.35. The van der Waals surface area contributed by atoms with Crippen molar-refractivity contribution in [2.24, 2.45) is 0 Å². The zero-order valence-electron chi connectivity index (χ0n) is 13.3. The summed E-state index contributed by atoms with van der Waals surface area (Å²) in [6, 6.07) is 17.1. The second-order valence-electron chi connectivity index (χ2n) is 5.61. The minimum absolute atomic E-state index is 0.832. The molecule has 0 bridgehead atoms. The molecule has 0 heterocycles. The Balaban J connectivity index is 2.19. The molecule has 0 N–H and O–H groups in total. The van der Waals surface area contributed by atoms with E-state index < -0.39 is 0 Å². The van der Waals surface area contributed by atoms with Gasteiger partial charge in [-0.15, -0.1) is 0 Å². The second-order valence-corrected chi connectivity index (χ2v) is 5.61. The fraction of sp³-hybridized carbons (Fsp3) is 0.250. The van der Waals surface area contributed by atoms with E-state index in [1.165, 1.54) is 22.4 Å². The van der Waals surface area contributed by atoms with Crippen LogP contribution in [0.15, 0.2) is 60.7 Å². The molecule has 114 valence electrons. The molecular formula is C20H23NO. The minimum Gasteiger partial charge on any atom is -0.367 e. The van der Waals surface area contributed by atoms with Crippen molar-refractivity contribution in [1.29, 1.82) is 0 Å². The topological polar surface area (TPSA) is 20.3 Å². The average molecular weight is 293 g/mol. The Labute approximate surface area is 133 Å². The summed E-state index contributed by atoms with van der Waals surface area (Å²) in [7, 11) is 0. The van der Waals surface area contributed by atoms with Gasteiger partial charge in [-0.05, 0) is 55.2 Å². The Kier molecular flexibility index (Phi) is 5.96. The summed E-state index contributed by atoms with van der Waals surface area (Å²) < 4.78 is 0. The molecule has 0 amide bonds. The summed E-state index contributed by atoms with van der Waals surface area (Å²) in [5, 5.41) is 0. The summed E-state index contributed by atoms with van der Waals surface area (Å²) in [4.78, 5) is 12.8. The predicted octanol–water partition coefficient (Wildman–Crippen LogP) is 4.46. The average Bonchev–Trinajstić information content (AvgIpc) is 2.50. The number of aldehydes is 1. The predicted molar refractivity (Wildman–Crippen MR) is 93.2 cm³/mol. The Bertz CT molecular complexity index is 611. The van der Waals surface area contributed by atoms with Crippen LogP contribution in [-0.2, 0) is 11.3 Å². The molecule has 0 radical (unpaired) electrons. The third kappa shape index (κ3) is 4.88. The van der Waals surface area contributed by atoms with E-state index in [4.69, 9.17) is 0 Å². The molecule has 0 atom stereocenters. The van der Waals surface area contributed by atoms with E-state index in [-0.39, 0.29) is 0 Å². The molecule has 22 heavy (non-hydrogen) atoms. The standard InChI is InChI=1S/C20H23NO/c1-17-13-18(2)15-20(14-17)21(11-7-4-8-12-22)16-19-9-5-3-6-10-19/h3-6,8-10,12-15H,7,11,16H2,1-2H3/b8-4+. The molecular weight excluding hydrogens is 270 g/mol. The van der Waals surface area contributed by atoms with Crippen LogP contribution in [0.4, 0.5) is 5.69 Å². The van der Waals surface area contributed by atoms with Gasteiger partial charge in [-0.25, -0.2) is 0 Å². The lowest BCUT2D eigenvalue weighted by atomic mass is 10.1. The highest BCUT2D eigenvalue weighted by atomic mass is 16.1. The van der Waals surface area contributed by atoms with Crippen molar-refractivity contribution < 1.29 is 4.79 Å². The third-order valence-corrected chi connectivity index (χ3v) is 3.57. The van der Waals surface area contributed by atoms with Gasteiger partial charge in [0.2, 0.25) is 0 Å². The molecule has 0 aromatic heterocycles. The zero-order valence-corrected chi connectivity index (χ0v) is 13.3. The van der Waals surface area contributed by atoms with E-state index in [2.05, 4.69) is 61.2 Å². The van der Waals surface area contributed by atoms with E-state index in [1.54, 1.807) is 6.08 Å². The SMILES string of the molecule is Cc1cc(C)cc(N(CC/C=C/C=O)Cc2ccccc2)c1. The molecule has 2 aromatic carbocycles. The number of carbonyl (C=O) groups is 1. The van der Waals surface area contributed by atoms with Crippen LogP contribution in [0.1, 0.15) is 23.1 Å². The quantitative estimate of drug-likeness (QED) is 0.555. The van der Waals surface area contributed by atoms with Crippen LogP contribution in [0, 0.1) is 13.8 Å². The summed E-state index contributed by atoms with van der Waals surface area (Å²) in [5.74, 6) is 0. The lowest BCUT2D eigenvalue weighted by Gasteiger charge is -2.25. The molecule has 2 aromatic rings. The fourth-order valence-electron chi connectivity index (χ4n) is 2.62. The number of benzene rings is 2. The largest absolute Gasteiger partial charge is 0.367 e. The molecule has 0 unspecified atom stereocenters. The number of aryl methyl sites for hydroxylation is 2. The number of hydrogen-bond donors (Lipinski definition) is 0. The normalized spacial score (nSPS) is 10.8. The van der Waals surface area contributed by atoms with E-state index in [0.29, 0.717) is 0 Å². The molecule has 2 rings (SSSR count).